The molecule has 1 aliphatic heterocycles. The van der Waals surface area contributed by atoms with E-state index in [2.05, 4.69) is 15.9 Å². The molecular weight excluding hydrogens is 284 g/mol. The molecule has 1 heterocycles. The first-order valence-electron chi connectivity index (χ1n) is 5.47. The third kappa shape index (κ3) is 3.33. The molecule has 0 bridgehead atoms. The van der Waals surface area contributed by atoms with Crippen LogP contribution in [0.1, 0.15) is 18.4 Å². The molecular formula is C13H13BrO3. The number of hydrogen-bond acceptors (Lipinski definition) is 3. The van der Waals surface area contributed by atoms with Gasteiger partial charge < -0.3 is 9.84 Å². The van der Waals surface area contributed by atoms with Crippen molar-refractivity contribution in [3.05, 3.63) is 40.6 Å². The van der Waals surface area contributed by atoms with Gasteiger partial charge in [-0.15, -0.1) is 0 Å². The molecule has 0 saturated heterocycles. The topological polar surface area (TPSA) is 46.5 Å². The summed E-state index contributed by atoms with van der Waals surface area (Å²) in [6.45, 7) is 0. The lowest BCUT2D eigenvalue weighted by atomic mass is 10.0. The molecule has 0 aliphatic carbocycles. The number of benzene rings is 1. The Morgan fingerprint density at radius 2 is 2.29 bits per heavy atom. The van der Waals surface area contributed by atoms with E-state index in [0.29, 0.717) is 10.9 Å². The Labute approximate surface area is 108 Å². The van der Waals surface area contributed by atoms with E-state index in [0.717, 1.165) is 18.4 Å². The van der Waals surface area contributed by atoms with Gasteiger partial charge in [0.1, 0.15) is 11.9 Å². The first-order valence-corrected chi connectivity index (χ1v) is 6.26. The molecule has 4 heteroatoms. The Kier molecular flexibility index (Phi) is 3.84. The summed E-state index contributed by atoms with van der Waals surface area (Å²) in [7, 11) is 0. The lowest BCUT2D eigenvalue weighted by molar-refractivity contribution is -0.118. The summed E-state index contributed by atoms with van der Waals surface area (Å²) < 4.78 is 6.05. The minimum atomic E-state index is -0.0277. The zero-order chi connectivity index (χ0) is 12.3. The second kappa shape index (κ2) is 5.36. The fraction of sp³-hybridized carbons (Fsp3) is 0.308. The van der Waals surface area contributed by atoms with Crippen molar-refractivity contribution < 1.29 is 14.6 Å². The predicted molar refractivity (Wildman–Crippen MR) is 67.8 cm³/mol. The minimum Gasteiger partial charge on any atom is -0.507 e. The highest BCUT2D eigenvalue weighted by Crippen LogP contribution is 2.25. The molecule has 1 N–H and O–H groups in total. The predicted octanol–water partition coefficient (Wildman–Crippen LogP) is 2.96. The summed E-state index contributed by atoms with van der Waals surface area (Å²) in [5, 5.41) is 9.37. The number of phenols is 1. The third-order valence-electron chi connectivity index (χ3n) is 2.72. The van der Waals surface area contributed by atoms with Crippen molar-refractivity contribution in [3.8, 4) is 5.75 Å². The first-order chi connectivity index (χ1) is 8.15. The summed E-state index contributed by atoms with van der Waals surface area (Å²) in [5.41, 5.74) is 1.11. The lowest BCUT2D eigenvalue weighted by Gasteiger charge is -2.18. The van der Waals surface area contributed by atoms with Crippen LogP contribution in [0.3, 0.4) is 0 Å². The van der Waals surface area contributed by atoms with Crippen LogP contribution in [0, 0.1) is 0 Å². The Morgan fingerprint density at radius 1 is 1.47 bits per heavy atom. The fourth-order valence-electron chi connectivity index (χ4n) is 1.77. The van der Waals surface area contributed by atoms with E-state index < -0.39 is 0 Å². The molecule has 17 heavy (non-hydrogen) atoms. The van der Waals surface area contributed by atoms with Crippen LogP contribution >= 0.6 is 15.9 Å². The van der Waals surface area contributed by atoms with E-state index in [1.165, 1.54) is 12.3 Å². The average molecular weight is 297 g/mol. The SMILES string of the molecule is O=C1C=CO[C@@H](CCc2ccc(O)c(Br)c2)C1. The quantitative estimate of drug-likeness (QED) is 0.933. The van der Waals surface area contributed by atoms with Crippen LogP contribution in [-0.4, -0.2) is 17.0 Å². The largest absolute Gasteiger partial charge is 0.507 e. The maximum absolute atomic E-state index is 11.2. The van der Waals surface area contributed by atoms with Gasteiger partial charge in [0.05, 0.1) is 10.7 Å². The average Bonchev–Trinajstić information content (AvgIpc) is 2.31. The molecule has 1 aromatic carbocycles. The van der Waals surface area contributed by atoms with Crippen molar-refractivity contribution in [2.45, 2.75) is 25.4 Å². The Hall–Kier alpha value is -1.29. The Bertz CT molecular complexity index is 454. The zero-order valence-electron chi connectivity index (χ0n) is 9.23. The highest BCUT2D eigenvalue weighted by Gasteiger charge is 2.16. The van der Waals surface area contributed by atoms with Crippen LogP contribution in [0.25, 0.3) is 0 Å². The summed E-state index contributed by atoms with van der Waals surface area (Å²) in [6.07, 6.45) is 4.99. The van der Waals surface area contributed by atoms with Crippen LogP contribution in [-0.2, 0) is 16.0 Å². The van der Waals surface area contributed by atoms with Crippen molar-refractivity contribution in [3.63, 3.8) is 0 Å². The van der Waals surface area contributed by atoms with Gasteiger partial charge in [-0.1, -0.05) is 6.07 Å². The maximum atomic E-state index is 11.2. The molecule has 0 radical (unpaired) electrons. The van der Waals surface area contributed by atoms with Gasteiger partial charge in [-0.25, -0.2) is 0 Å². The summed E-state index contributed by atoms with van der Waals surface area (Å²) in [6, 6.07) is 5.42. The fourth-order valence-corrected chi connectivity index (χ4v) is 2.20. The second-order valence-electron chi connectivity index (χ2n) is 4.06. The number of ketones is 1. The van der Waals surface area contributed by atoms with Crippen molar-refractivity contribution in [2.24, 2.45) is 0 Å². The number of aromatic hydroxyl groups is 1. The van der Waals surface area contributed by atoms with E-state index in [9.17, 15) is 9.90 Å². The summed E-state index contributed by atoms with van der Waals surface area (Å²) >= 11 is 3.28. The van der Waals surface area contributed by atoms with Gasteiger partial charge in [-0.05, 0) is 46.5 Å². The maximum Gasteiger partial charge on any atom is 0.162 e. The molecule has 2 rings (SSSR count). The van der Waals surface area contributed by atoms with E-state index in [1.807, 2.05) is 12.1 Å². The number of aryl methyl sites for hydroxylation is 1. The molecule has 1 aliphatic rings. The van der Waals surface area contributed by atoms with Crippen molar-refractivity contribution in [2.75, 3.05) is 0 Å². The molecule has 0 unspecified atom stereocenters. The molecule has 0 spiro atoms. The molecule has 1 atom stereocenters. The third-order valence-corrected chi connectivity index (χ3v) is 3.36. The second-order valence-corrected chi connectivity index (χ2v) is 4.91. The van der Waals surface area contributed by atoms with Crippen molar-refractivity contribution in [1.82, 2.24) is 0 Å². The molecule has 0 amide bonds. The van der Waals surface area contributed by atoms with Crippen LogP contribution in [0.4, 0.5) is 0 Å². The number of hydrogen-bond donors (Lipinski definition) is 1. The van der Waals surface area contributed by atoms with Crippen molar-refractivity contribution >= 4 is 21.7 Å². The van der Waals surface area contributed by atoms with Gasteiger partial charge in [-0.3, -0.25) is 4.79 Å². The number of carbonyl (C=O) groups excluding carboxylic acids is 1. The van der Waals surface area contributed by atoms with E-state index >= 15 is 0 Å². The zero-order valence-corrected chi connectivity index (χ0v) is 10.8. The normalized spacial score (nSPS) is 19.1. The number of allylic oxidation sites excluding steroid dienone is 1. The Morgan fingerprint density at radius 3 is 3.00 bits per heavy atom. The van der Waals surface area contributed by atoms with Crippen molar-refractivity contribution in [1.29, 1.82) is 0 Å². The van der Waals surface area contributed by atoms with Gasteiger partial charge in [0.2, 0.25) is 0 Å². The lowest BCUT2D eigenvalue weighted by Crippen LogP contribution is -2.19. The van der Waals surface area contributed by atoms with Gasteiger partial charge in [0.25, 0.3) is 0 Å². The van der Waals surface area contributed by atoms with E-state index in [-0.39, 0.29) is 17.6 Å². The number of halogens is 1. The van der Waals surface area contributed by atoms with Gasteiger partial charge in [0.15, 0.2) is 5.78 Å². The summed E-state index contributed by atoms with van der Waals surface area (Å²) in [4.78, 5) is 11.2. The van der Waals surface area contributed by atoms with Crippen LogP contribution in [0.15, 0.2) is 35.0 Å². The van der Waals surface area contributed by atoms with Gasteiger partial charge in [0, 0.05) is 12.5 Å². The molecule has 0 aromatic heterocycles. The number of phenolic OH excluding ortho intramolecular Hbond substituents is 1. The standard InChI is InChI=1S/C13H13BrO3/c14-12-7-9(2-4-13(12)16)1-3-11-8-10(15)5-6-17-11/h2,4-7,11,16H,1,3,8H2/t11-/m0/s1. The highest BCUT2D eigenvalue weighted by atomic mass is 79.9. The minimum absolute atomic E-state index is 0.0277. The van der Waals surface area contributed by atoms with E-state index in [1.54, 1.807) is 6.07 Å². The van der Waals surface area contributed by atoms with Crippen LogP contribution < -0.4 is 0 Å². The molecule has 0 saturated carbocycles. The van der Waals surface area contributed by atoms with Crippen LogP contribution in [0.5, 0.6) is 5.75 Å². The molecule has 90 valence electrons. The number of ether oxygens (including phenoxy) is 1. The van der Waals surface area contributed by atoms with Gasteiger partial charge >= 0.3 is 0 Å². The first kappa shape index (κ1) is 12.2. The highest BCUT2D eigenvalue weighted by molar-refractivity contribution is 9.10. The van der Waals surface area contributed by atoms with E-state index in [4.69, 9.17) is 4.74 Å². The number of rotatable bonds is 3. The number of carbonyl (C=O) groups is 1. The molecule has 3 nitrogen and oxygen atoms in total. The summed E-state index contributed by atoms with van der Waals surface area (Å²) in [5.74, 6) is 0.355. The molecule has 0 fully saturated rings. The van der Waals surface area contributed by atoms with Gasteiger partial charge in [-0.2, -0.15) is 0 Å². The Balaban J connectivity index is 1.91. The molecule has 1 aromatic rings. The smallest absolute Gasteiger partial charge is 0.162 e. The monoisotopic (exact) mass is 296 g/mol. The van der Waals surface area contributed by atoms with Crippen LogP contribution in [0.2, 0.25) is 0 Å².